The minimum Gasteiger partial charge on any atom is -0.454 e. The smallest absolute Gasteiger partial charge is 0.275 e. The quantitative estimate of drug-likeness (QED) is 0.749. The number of nitrogens with one attached hydrogen (secondary N) is 1. The second-order valence-electron chi connectivity index (χ2n) is 4.42. The first-order valence-electron chi connectivity index (χ1n) is 6.53. The topological polar surface area (TPSA) is 72.4 Å². The maximum Gasteiger partial charge on any atom is 0.275 e. The SMILES string of the molecule is CCc1cc(=O)n2nc(NCCc3ccc(Br)o3)sc2n1. The molecule has 0 fully saturated rings. The van der Waals surface area contributed by atoms with Gasteiger partial charge in [-0.1, -0.05) is 18.3 Å². The number of hydrogen-bond donors (Lipinski definition) is 1. The number of nitrogens with zero attached hydrogens (tertiary/aromatic N) is 3. The van der Waals surface area contributed by atoms with Crippen molar-refractivity contribution in [3.05, 3.63) is 44.7 Å². The molecule has 0 saturated heterocycles. The van der Waals surface area contributed by atoms with E-state index in [1.54, 1.807) is 0 Å². The third-order valence-corrected chi connectivity index (χ3v) is 4.23. The average molecular weight is 369 g/mol. The largest absolute Gasteiger partial charge is 0.454 e. The lowest BCUT2D eigenvalue weighted by atomic mass is 10.3. The van der Waals surface area contributed by atoms with Crippen LogP contribution in [0.2, 0.25) is 0 Å². The van der Waals surface area contributed by atoms with E-state index in [2.05, 4.69) is 31.3 Å². The van der Waals surface area contributed by atoms with Crippen LogP contribution in [0.5, 0.6) is 0 Å². The molecule has 3 heterocycles. The molecule has 21 heavy (non-hydrogen) atoms. The molecule has 0 radical (unpaired) electrons. The zero-order valence-corrected chi connectivity index (χ0v) is 13.7. The minimum absolute atomic E-state index is 0.142. The van der Waals surface area contributed by atoms with Crippen LogP contribution in [-0.2, 0) is 12.8 Å². The molecule has 0 amide bonds. The zero-order chi connectivity index (χ0) is 14.8. The van der Waals surface area contributed by atoms with Crippen LogP contribution in [0.25, 0.3) is 4.96 Å². The van der Waals surface area contributed by atoms with E-state index in [0.717, 1.165) is 29.0 Å². The van der Waals surface area contributed by atoms with Gasteiger partial charge in [-0.25, -0.2) is 4.98 Å². The summed E-state index contributed by atoms with van der Waals surface area (Å²) in [5.41, 5.74) is 0.645. The van der Waals surface area contributed by atoms with Gasteiger partial charge in [0.2, 0.25) is 10.1 Å². The standard InChI is InChI=1S/C13H13BrN4O2S/c1-2-8-7-11(19)18-13(16-8)21-12(17-18)15-6-5-9-3-4-10(14)20-9/h3-4,7H,2,5-6H2,1H3,(H,15,17). The van der Waals surface area contributed by atoms with Crippen LogP contribution in [0.1, 0.15) is 18.4 Å². The molecule has 0 aliphatic carbocycles. The Bertz CT molecular complexity index is 823. The van der Waals surface area contributed by atoms with Gasteiger partial charge in [0.15, 0.2) is 4.67 Å². The minimum atomic E-state index is -0.142. The number of rotatable bonds is 5. The van der Waals surface area contributed by atoms with Gasteiger partial charge in [0.05, 0.1) is 0 Å². The fourth-order valence-corrected chi connectivity index (χ4v) is 3.08. The molecular formula is C13H13BrN4O2S. The van der Waals surface area contributed by atoms with Crippen LogP contribution in [0.15, 0.2) is 32.1 Å². The van der Waals surface area contributed by atoms with Crippen molar-refractivity contribution in [1.29, 1.82) is 0 Å². The van der Waals surface area contributed by atoms with Gasteiger partial charge in [0.25, 0.3) is 5.56 Å². The Labute approximate surface area is 132 Å². The van der Waals surface area contributed by atoms with Crippen LogP contribution in [0.4, 0.5) is 5.13 Å². The molecule has 0 aliphatic rings. The Hall–Kier alpha value is -1.67. The molecule has 3 aromatic rings. The highest BCUT2D eigenvalue weighted by atomic mass is 79.9. The van der Waals surface area contributed by atoms with Crippen molar-refractivity contribution in [2.24, 2.45) is 0 Å². The van der Waals surface area contributed by atoms with Gasteiger partial charge in [-0.3, -0.25) is 4.79 Å². The lowest BCUT2D eigenvalue weighted by molar-refractivity contribution is 0.491. The molecule has 0 unspecified atom stereocenters. The summed E-state index contributed by atoms with van der Waals surface area (Å²) in [5, 5.41) is 8.10. The molecular weight excluding hydrogens is 356 g/mol. The monoisotopic (exact) mass is 368 g/mol. The van der Waals surface area contributed by atoms with Gasteiger partial charge >= 0.3 is 0 Å². The first-order valence-corrected chi connectivity index (χ1v) is 8.14. The molecule has 0 bridgehead atoms. The molecule has 0 atom stereocenters. The third-order valence-electron chi connectivity index (χ3n) is 2.94. The molecule has 0 aromatic carbocycles. The van der Waals surface area contributed by atoms with Crippen molar-refractivity contribution in [3.8, 4) is 0 Å². The number of fused-ring (bicyclic) bond motifs is 1. The van der Waals surface area contributed by atoms with Gasteiger partial charge in [0.1, 0.15) is 5.76 Å². The van der Waals surface area contributed by atoms with Gasteiger partial charge in [0, 0.05) is 24.7 Å². The number of anilines is 1. The number of hydrogen-bond acceptors (Lipinski definition) is 6. The molecule has 3 rings (SSSR count). The van der Waals surface area contributed by atoms with E-state index in [4.69, 9.17) is 4.42 Å². The summed E-state index contributed by atoms with van der Waals surface area (Å²) < 4.78 is 7.47. The Morgan fingerprint density at radius 3 is 3.05 bits per heavy atom. The summed E-state index contributed by atoms with van der Waals surface area (Å²) in [7, 11) is 0. The molecule has 6 nitrogen and oxygen atoms in total. The Balaban J connectivity index is 1.72. The number of aromatic nitrogens is 3. The maximum absolute atomic E-state index is 11.9. The van der Waals surface area contributed by atoms with E-state index in [0.29, 0.717) is 16.6 Å². The van der Waals surface area contributed by atoms with Gasteiger partial charge in [-0.05, 0) is 34.5 Å². The highest BCUT2D eigenvalue weighted by Crippen LogP contribution is 2.18. The van der Waals surface area contributed by atoms with E-state index in [9.17, 15) is 4.79 Å². The van der Waals surface area contributed by atoms with Gasteiger partial charge in [-0.15, -0.1) is 5.10 Å². The summed E-state index contributed by atoms with van der Waals surface area (Å²) in [6.45, 7) is 2.65. The van der Waals surface area contributed by atoms with Crippen LogP contribution < -0.4 is 10.9 Å². The third kappa shape index (κ3) is 3.16. The number of aryl methyl sites for hydroxylation is 1. The Kier molecular flexibility index (Phi) is 4.07. The van der Waals surface area contributed by atoms with Gasteiger partial charge < -0.3 is 9.73 Å². The number of furan rings is 1. The molecule has 1 N–H and O–H groups in total. The van der Waals surface area contributed by atoms with E-state index in [1.165, 1.54) is 21.9 Å². The van der Waals surface area contributed by atoms with Crippen LogP contribution >= 0.6 is 27.3 Å². The average Bonchev–Trinajstić information content (AvgIpc) is 3.05. The Morgan fingerprint density at radius 1 is 1.48 bits per heavy atom. The molecule has 0 saturated carbocycles. The second-order valence-corrected chi connectivity index (χ2v) is 6.16. The van der Waals surface area contributed by atoms with Gasteiger partial charge in [-0.2, -0.15) is 4.52 Å². The summed E-state index contributed by atoms with van der Waals surface area (Å²) >= 11 is 4.64. The highest BCUT2D eigenvalue weighted by Gasteiger charge is 2.08. The maximum atomic E-state index is 11.9. The van der Waals surface area contributed by atoms with E-state index in [-0.39, 0.29) is 5.56 Å². The highest BCUT2D eigenvalue weighted by molar-refractivity contribution is 9.10. The van der Waals surface area contributed by atoms with Crippen LogP contribution in [-0.4, -0.2) is 21.1 Å². The predicted molar refractivity (Wildman–Crippen MR) is 85.1 cm³/mol. The fraction of sp³-hybridized carbons (Fsp3) is 0.308. The first kappa shape index (κ1) is 14.3. The molecule has 0 aliphatic heterocycles. The van der Waals surface area contributed by atoms with E-state index in [1.807, 2.05) is 19.1 Å². The predicted octanol–water partition coefficient (Wildman–Crippen LogP) is 2.72. The molecule has 8 heteroatoms. The second kappa shape index (κ2) is 5.98. The zero-order valence-electron chi connectivity index (χ0n) is 11.3. The van der Waals surface area contributed by atoms with Crippen LogP contribution in [0, 0.1) is 0 Å². The van der Waals surface area contributed by atoms with Crippen LogP contribution in [0.3, 0.4) is 0 Å². The summed E-state index contributed by atoms with van der Waals surface area (Å²) in [4.78, 5) is 16.9. The van der Waals surface area contributed by atoms with Crippen molar-refractivity contribution in [1.82, 2.24) is 14.6 Å². The Morgan fingerprint density at radius 2 is 2.33 bits per heavy atom. The summed E-state index contributed by atoms with van der Waals surface area (Å²) in [5.74, 6) is 0.888. The van der Waals surface area contributed by atoms with Crippen molar-refractivity contribution >= 4 is 37.4 Å². The van der Waals surface area contributed by atoms with Crippen molar-refractivity contribution in [2.45, 2.75) is 19.8 Å². The fourth-order valence-electron chi connectivity index (χ4n) is 1.89. The molecule has 0 spiro atoms. The lowest BCUT2D eigenvalue weighted by Gasteiger charge is -1.98. The van der Waals surface area contributed by atoms with E-state index < -0.39 is 0 Å². The molecule has 3 aromatic heterocycles. The summed E-state index contributed by atoms with van der Waals surface area (Å²) in [6.07, 6.45) is 1.48. The van der Waals surface area contributed by atoms with E-state index >= 15 is 0 Å². The van der Waals surface area contributed by atoms with Crippen molar-refractivity contribution < 1.29 is 4.42 Å². The molecule has 110 valence electrons. The van der Waals surface area contributed by atoms with Crippen molar-refractivity contribution in [3.63, 3.8) is 0 Å². The summed E-state index contributed by atoms with van der Waals surface area (Å²) in [6, 6.07) is 5.31. The lowest BCUT2D eigenvalue weighted by Crippen LogP contribution is -2.15. The van der Waals surface area contributed by atoms with Crippen molar-refractivity contribution in [2.75, 3.05) is 11.9 Å². The first-order chi connectivity index (χ1) is 10.2. The number of halogens is 1. The normalized spacial score (nSPS) is 11.1.